The van der Waals surface area contributed by atoms with Crippen LogP contribution < -0.4 is 5.73 Å². The molecule has 6 heteroatoms. The molecule has 2 aromatic heterocycles. The van der Waals surface area contributed by atoms with Gasteiger partial charge in [-0.15, -0.1) is 0 Å². The Morgan fingerprint density at radius 1 is 1.36 bits per heavy atom. The molecule has 0 fully saturated rings. The summed E-state index contributed by atoms with van der Waals surface area (Å²) < 4.78 is 6.89. The monoisotopic (exact) mass is 298 g/mol. The molecule has 3 rings (SSSR count). The molecule has 0 saturated carbocycles. The first-order chi connectivity index (χ1) is 10.5. The summed E-state index contributed by atoms with van der Waals surface area (Å²) in [4.78, 5) is 20.7. The maximum absolute atomic E-state index is 12.0. The number of rotatable bonds is 3. The highest BCUT2D eigenvalue weighted by Gasteiger charge is 2.18. The molecule has 0 aliphatic heterocycles. The number of nitrogen functional groups attached to an aromatic ring is 1. The third-order valence-corrected chi connectivity index (χ3v) is 3.57. The van der Waals surface area contributed by atoms with E-state index in [0.29, 0.717) is 28.3 Å². The highest BCUT2D eigenvalue weighted by atomic mass is 16.5. The SMILES string of the molecule is COC(=O)c1cccc2c1nc(N)c1ncn(CC(C)C)c12. The van der Waals surface area contributed by atoms with E-state index in [0.717, 1.165) is 17.4 Å². The lowest BCUT2D eigenvalue weighted by Gasteiger charge is -2.11. The van der Waals surface area contributed by atoms with Gasteiger partial charge in [-0.25, -0.2) is 14.8 Å². The maximum atomic E-state index is 12.0. The van der Waals surface area contributed by atoms with Crippen LogP contribution >= 0.6 is 0 Å². The summed E-state index contributed by atoms with van der Waals surface area (Å²) in [7, 11) is 1.35. The zero-order chi connectivity index (χ0) is 15.9. The van der Waals surface area contributed by atoms with Crippen LogP contribution in [0.5, 0.6) is 0 Å². The molecule has 0 radical (unpaired) electrons. The second kappa shape index (κ2) is 5.29. The lowest BCUT2D eigenvalue weighted by atomic mass is 10.1. The van der Waals surface area contributed by atoms with Gasteiger partial charge in [0.05, 0.1) is 30.0 Å². The Labute approximate surface area is 127 Å². The molecule has 0 unspecified atom stereocenters. The number of hydrogen-bond acceptors (Lipinski definition) is 5. The fraction of sp³-hybridized carbons (Fsp3) is 0.312. The molecule has 2 heterocycles. The lowest BCUT2D eigenvalue weighted by molar-refractivity contribution is 0.0603. The molecular weight excluding hydrogens is 280 g/mol. The average molecular weight is 298 g/mol. The molecular formula is C16H18N4O2. The van der Waals surface area contributed by atoms with Gasteiger partial charge in [0, 0.05) is 11.9 Å². The minimum atomic E-state index is -0.424. The molecule has 0 amide bonds. The number of imidazole rings is 1. The zero-order valence-electron chi connectivity index (χ0n) is 12.8. The number of para-hydroxylation sites is 1. The van der Waals surface area contributed by atoms with Gasteiger partial charge in [-0.1, -0.05) is 26.0 Å². The molecule has 6 nitrogen and oxygen atoms in total. The Morgan fingerprint density at radius 3 is 2.82 bits per heavy atom. The minimum absolute atomic E-state index is 0.321. The number of aromatic nitrogens is 3. The van der Waals surface area contributed by atoms with Crippen LogP contribution in [0.15, 0.2) is 24.5 Å². The van der Waals surface area contributed by atoms with E-state index in [1.54, 1.807) is 12.4 Å². The van der Waals surface area contributed by atoms with Crippen molar-refractivity contribution in [1.29, 1.82) is 0 Å². The van der Waals surface area contributed by atoms with Crippen LogP contribution in [0.2, 0.25) is 0 Å². The number of fused-ring (bicyclic) bond motifs is 3. The van der Waals surface area contributed by atoms with Crippen molar-refractivity contribution in [3.8, 4) is 0 Å². The average Bonchev–Trinajstić information content (AvgIpc) is 2.90. The van der Waals surface area contributed by atoms with Gasteiger partial charge in [-0.2, -0.15) is 0 Å². The quantitative estimate of drug-likeness (QED) is 0.751. The Bertz CT molecular complexity index is 867. The number of nitrogens with zero attached hydrogens (tertiary/aromatic N) is 3. The van der Waals surface area contributed by atoms with E-state index in [1.165, 1.54) is 7.11 Å². The van der Waals surface area contributed by atoms with Crippen LogP contribution in [0.1, 0.15) is 24.2 Å². The number of ether oxygens (including phenoxy) is 1. The fourth-order valence-electron chi connectivity index (χ4n) is 2.69. The van der Waals surface area contributed by atoms with Crippen molar-refractivity contribution < 1.29 is 9.53 Å². The first-order valence-corrected chi connectivity index (χ1v) is 7.14. The number of carbonyl (C=O) groups excluding carboxylic acids is 1. The van der Waals surface area contributed by atoms with Crippen molar-refractivity contribution >= 4 is 33.7 Å². The van der Waals surface area contributed by atoms with Gasteiger partial charge >= 0.3 is 5.97 Å². The van der Waals surface area contributed by atoms with E-state index < -0.39 is 5.97 Å². The van der Waals surface area contributed by atoms with Crippen molar-refractivity contribution in [1.82, 2.24) is 14.5 Å². The Kier molecular flexibility index (Phi) is 3.44. The second-order valence-electron chi connectivity index (χ2n) is 5.68. The van der Waals surface area contributed by atoms with Crippen molar-refractivity contribution in [2.75, 3.05) is 12.8 Å². The van der Waals surface area contributed by atoms with E-state index in [4.69, 9.17) is 10.5 Å². The van der Waals surface area contributed by atoms with Crippen LogP contribution in [0.4, 0.5) is 5.82 Å². The summed E-state index contributed by atoms with van der Waals surface area (Å²) in [6.45, 7) is 5.09. The molecule has 0 aliphatic carbocycles. The largest absolute Gasteiger partial charge is 0.465 e. The minimum Gasteiger partial charge on any atom is -0.465 e. The number of pyridine rings is 1. The number of carbonyl (C=O) groups is 1. The third kappa shape index (κ3) is 2.16. The van der Waals surface area contributed by atoms with Crippen LogP contribution in [-0.4, -0.2) is 27.6 Å². The van der Waals surface area contributed by atoms with Crippen molar-refractivity contribution in [3.05, 3.63) is 30.1 Å². The Hall–Kier alpha value is -2.63. The van der Waals surface area contributed by atoms with Gasteiger partial charge in [-0.05, 0) is 12.0 Å². The number of nitrogens with two attached hydrogens (primary N) is 1. The maximum Gasteiger partial charge on any atom is 0.340 e. The molecule has 0 saturated heterocycles. The predicted molar refractivity (Wildman–Crippen MR) is 85.6 cm³/mol. The predicted octanol–water partition coefficient (Wildman–Crippen LogP) is 2.61. The van der Waals surface area contributed by atoms with Crippen molar-refractivity contribution in [2.24, 2.45) is 5.92 Å². The van der Waals surface area contributed by atoms with Gasteiger partial charge in [0.15, 0.2) is 5.82 Å². The normalized spacial score (nSPS) is 11.5. The highest BCUT2D eigenvalue weighted by Crippen LogP contribution is 2.29. The standard InChI is InChI=1S/C16H18N4O2/c1-9(2)7-20-8-18-13-14(20)10-5-4-6-11(16(21)22-3)12(10)19-15(13)17/h4-6,8-9H,7H2,1-3H3,(H2,17,19). The van der Waals surface area contributed by atoms with Gasteiger partial charge < -0.3 is 15.0 Å². The second-order valence-corrected chi connectivity index (χ2v) is 5.68. The highest BCUT2D eigenvalue weighted by molar-refractivity contribution is 6.12. The van der Waals surface area contributed by atoms with Crippen LogP contribution in [0, 0.1) is 5.92 Å². The van der Waals surface area contributed by atoms with Crippen molar-refractivity contribution in [3.63, 3.8) is 0 Å². The van der Waals surface area contributed by atoms with E-state index in [1.807, 2.05) is 12.1 Å². The summed E-state index contributed by atoms with van der Waals surface area (Å²) in [6.07, 6.45) is 1.77. The summed E-state index contributed by atoms with van der Waals surface area (Å²) in [6, 6.07) is 5.43. The van der Waals surface area contributed by atoms with E-state index >= 15 is 0 Å². The molecule has 1 aromatic carbocycles. The molecule has 0 bridgehead atoms. The Balaban J connectivity index is 2.39. The van der Waals surface area contributed by atoms with E-state index in [9.17, 15) is 4.79 Å². The van der Waals surface area contributed by atoms with E-state index in [-0.39, 0.29) is 0 Å². The summed E-state index contributed by atoms with van der Waals surface area (Å²) in [5.74, 6) is 0.360. The van der Waals surface area contributed by atoms with Gasteiger partial charge in [0.25, 0.3) is 0 Å². The number of hydrogen-bond donors (Lipinski definition) is 1. The number of esters is 1. The third-order valence-electron chi connectivity index (χ3n) is 3.57. The topological polar surface area (TPSA) is 83.0 Å². The lowest BCUT2D eigenvalue weighted by Crippen LogP contribution is -2.06. The molecule has 0 spiro atoms. The number of benzene rings is 1. The van der Waals surface area contributed by atoms with Crippen LogP contribution in [-0.2, 0) is 11.3 Å². The molecule has 0 aliphatic rings. The van der Waals surface area contributed by atoms with Crippen molar-refractivity contribution in [2.45, 2.75) is 20.4 Å². The molecule has 114 valence electrons. The zero-order valence-corrected chi connectivity index (χ0v) is 12.8. The van der Waals surface area contributed by atoms with Gasteiger partial charge in [0.2, 0.25) is 0 Å². The molecule has 22 heavy (non-hydrogen) atoms. The van der Waals surface area contributed by atoms with Gasteiger partial charge in [-0.3, -0.25) is 0 Å². The summed E-state index contributed by atoms with van der Waals surface area (Å²) in [5, 5.41) is 0.852. The summed E-state index contributed by atoms with van der Waals surface area (Å²) >= 11 is 0. The van der Waals surface area contributed by atoms with E-state index in [2.05, 4.69) is 28.4 Å². The molecule has 3 aromatic rings. The molecule has 0 atom stereocenters. The first kappa shape index (κ1) is 14.3. The molecule has 2 N–H and O–H groups in total. The Morgan fingerprint density at radius 2 is 2.14 bits per heavy atom. The first-order valence-electron chi connectivity index (χ1n) is 7.14. The van der Waals surface area contributed by atoms with Gasteiger partial charge in [0.1, 0.15) is 5.52 Å². The van der Waals surface area contributed by atoms with Crippen LogP contribution in [0.3, 0.4) is 0 Å². The number of anilines is 1. The van der Waals surface area contributed by atoms with Crippen LogP contribution in [0.25, 0.3) is 21.9 Å². The number of methoxy groups -OCH3 is 1. The smallest absolute Gasteiger partial charge is 0.340 e. The fourth-order valence-corrected chi connectivity index (χ4v) is 2.69. The summed E-state index contributed by atoms with van der Waals surface area (Å²) in [5.41, 5.74) is 8.56.